The summed E-state index contributed by atoms with van der Waals surface area (Å²) in [5, 5.41) is 0. The van der Waals surface area contributed by atoms with E-state index in [1.165, 1.54) is 0 Å². The Labute approximate surface area is 62.1 Å². The Morgan fingerprint density at radius 2 is 2.10 bits per heavy atom. The molecule has 0 saturated carbocycles. The fourth-order valence-electron chi connectivity index (χ4n) is 1.29. The molecular formula is C8H15NO. The monoisotopic (exact) mass is 141 g/mol. The van der Waals surface area contributed by atoms with Gasteiger partial charge in [-0.15, -0.1) is 6.58 Å². The summed E-state index contributed by atoms with van der Waals surface area (Å²) in [4.78, 5) is 0. The van der Waals surface area contributed by atoms with Crippen molar-refractivity contribution in [2.45, 2.75) is 18.9 Å². The van der Waals surface area contributed by atoms with E-state index in [0.717, 1.165) is 26.1 Å². The van der Waals surface area contributed by atoms with E-state index < -0.39 is 0 Å². The summed E-state index contributed by atoms with van der Waals surface area (Å²) in [5.41, 5.74) is 5.77. The molecule has 1 unspecified atom stereocenters. The van der Waals surface area contributed by atoms with Crippen molar-refractivity contribution in [1.29, 1.82) is 0 Å². The van der Waals surface area contributed by atoms with Crippen LogP contribution in [0.15, 0.2) is 12.7 Å². The van der Waals surface area contributed by atoms with Crippen molar-refractivity contribution in [3.8, 4) is 0 Å². The standard InChI is InChI=1S/C8H15NO/c1-2-8(9)7-3-5-10-6-4-7/h2,7-8H,1,3-6,9H2. The van der Waals surface area contributed by atoms with Crippen LogP contribution in [-0.4, -0.2) is 19.3 Å². The van der Waals surface area contributed by atoms with Crippen LogP contribution >= 0.6 is 0 Å². The summed E-state index contributed by atoms with van der Waals surface area (Å²) >= 11 is 0. The van der Waals surface area contributed by atoms with Gasteiger partial charge in [-0.05, 0) is 18.8 Å². The van der Waals surface area contributed by atoms with Crippen molar-refractivity contribution in [3.63, 3.8) is 0 Å². The molecule has 1 heterocycles. The second kappa shape index (κ2) is 3.74. The van der Waals surface area contributed by atoms with Crippen LogP contribution in [0.2, 0.25) is 0 Å². The van der Waals surface area contributed by atoms with Crippen LogP contribution in [-0.2, 0) is 4.74 Å². The number of hydrogen-bond donors (Lipinski definition) is 1. The van der Waals surface area contributed by atoms with Crippen molar-refractivity contribution in [2.75, 3.05) is 13.2 Å². The Balaban J connectivity index is 2.30. The smallest absolute Gasteiger partial charge is 0.0469 e. The maximum absolute atomic E-state index is 5.77. The Hall–Kier alpha value is -0.340. The summed E-state index contributed by atoms with van der Waals surface area (Å²) in [6.07, 6.45) is 4.01. The molecule has 2 heteroatoms. The lowest BCUT2D eigenvalue weighted by molar-refractivity contribution is 0.0629. The zero-order valence-corrected chi connectivity index (χ0v) is 6.25. The van der Waals surface area contributed by atoms with Crippen LogP contribution in [0.1, 0.15) is 12.8 Å². The normalized spacial score (nSPS) is 24.1. The second-order valence-electron chi connectivity index (χ2n) is 2.76. The third-order valence-corrected chi connectivity index (χ3v) is 2.08. The van der Waals surface area contributed by atoms with E-state index in [4.69, 9.17) is 10.5 Å². The molecule has 1 saturated heterocycles. The third-order valence-electron chi connectivity index (χ3n) is 2.08. The highest BCUT2D eigenvalue weighted by Gasteiger charge is 2.17. The first-order valence-electron chi connectivity index (χ1n) is 3.80. The molecule has 0 radical (unpaired) electrons. The van der Waals surface area contributed by atoms with Crippen molar-refractivity contribution in [1.82, 2.24) is 0 Å². The Morgan fingerprint density at radius 1 is 1.50 bits per heavy atom. The van der Waals surface area contributed by atoms with E-state index in [2.05, 4.69) is 6.58 Å². The molecule has 1 atom stereocenters. The minimum atomic E-state index is 0.170. The summed E-state index contributed by atoms with van der Waals surface area (Å²) in [7, 11) is 0. The third kappa shape index (κ3) is 1.82. The van der Waals surface area contributed by atoms with Crippen LogP contribution in [0.25, 0.3) is 0 Å². The van der Waals surface area contributed by atoms with Crippen molar-refractivity contribution >= 4 is 0 Å². The van der Waals surface area contributed by atoms with Gasteiger partial charge in [0.25, 0.3) is 0 Å². The number of ether oxygens (including phenoxy) is 1. The highest BCUT2D eigenvalue weighted by molar-refractivity contribution is 4.88. The van der Waals surface area contributed by atoms with Crippen LogP contribution in [0.4, 0.5) is 0 Å². The van der Waals surface area contributed by atoms with Gasteiger partial charge in [-0.2, -0.15) is 0 Å². The van der Waals surface area contributed by atoms with Crippen LogP contribution in [0.3, 0.4) is 0 Å². The molecule has 2 nitrogen and oxygen atoms in total. The van der Waals surface area contributed by atoms with E-state index in [1.54, 1.807) is 0 Å². The minimum absolute atomic E-state index is 0.170. The van der Waals surface area contributed by atoms with Gasteiger partial charge < -0.3 is 10.5 Å². The highest BCUT2D eigenvalue weighted by Crippen LogP contribution is 2.17. The molecule has 0 spiro atoms. The van der Waals surface area contributed by atoms with Gasteiger partial charge in [0, 0.05) is 19.3 Å². The predicted molar refractivity (Wildman–Crippen MR) is 41.7 cm³/mol. The molecule has 0 aromatic rings. The maximum atomic E-state index is 5.77. The Bertz CT molecular complexity index is 108. The molecule has 0 bridgehead atoms. The highest BCUT2D eigenvalue weighted by atomic mass is 16.5. The average molecular weight is 141 g/mol. The first kappa shape index (κ1) is 7.76. The molecule has 10 heavy (non-hydrogen) atoms. The zero-order chi connectivity index (χ0) is 7.40. The van der Waals surface area contributed by atoms with Crippen LogP contribution < -0.4 is 5.73 Å². The zero-order valence-electron chi connectivity index (χ0n) is 6.25. The average Bonchev–Trinajstić information content (AvgIpc) is 2.05. The SMILES string of the molecule is C=CC(N)C1CCOCC1. The lowest BCUT2D eigenvalue weighted by atomic mass is 9.93. The summed E-state index contributed by atoms with van der Waals surface area (Å²) in [5.74, 6) is 0.603. The fourth-order valence-corrected chi connectivity index (χ4v) is 1.29. The van der Waals surface area contributed by atoms with E-state index in [-0.39, 0.29) is 6.04 Å². The van der Waals surface area contributed by atoms with Crippen molar-refractivity contribution in [2.24, 2.45) is 11.7 Å². The maximum Gasteiger partial charge on any atom is 0.0469 e. The molecule has 0 aliphatic carbocycles. The van der Waals surface area contributed by atoms with E-state index in [9.17, 15) is 0 Å². The number of rotatable bonds is 2. The van der Waals surface area contributed by atoms with Gasteiger partial charge in [0.2, 0.25) is 0 Å². The molecule has 1 rings (SSSR count). The lowest BCUT2D eigenvalue weighted by Crippen LogP contribution is -2.32. The van der Waals surface area contributed by atoms with E-state index in [1.807, 2.05) is 6.08 Å². The largest absolute Gasteiger partial charge is 0.381 e. The number of hydrogen-bond acceptors (Lipinski definition) is 2. The molecule has 58 valence electrons. The Morgan fingerprint density at radius 3 is 2.60 bits per heavy atom. The van der Waals surface area contributed by atoms with Gasteiger partial charge in [-0.1, -0.05) is 6.08 Å². The molecule has 2 N–H and O–H groups in total. The summed E-state index contributed by atoms with van der Waals surface area (Å²) in [6, 6.07) is 0.170. The molecule has 0 amide bonds. The van der Waals surface area contributed by atoms with Gasteiger partial charge in [-0.3, -0.25) is 0 Å². The van der Waals surface area contributed by atoms with Crippen molar-refractivity contribution < 1.29 is 4.74 Å². The van der Waals surface area contributed by atoms with Gasteiger partial charge in [0.05, 0.1) is 0 Å². The van der Waals surface area contributed by atoms with Crippen LogP contribution in [0, 0.1) is 5.92 Å². The molecular weight excluding hydrogens is 126 g/mol. The van der Waals surface area contributed by atoms with Gasteiger partial charge in [0.1, 0.15) is 0 Å². The lowest BCUT2D eigenvalue weighted by Gasteiger charge is -2.25. The van der Waals surface area contributed by atoms with Gasteiger partial charge >= 0.3 is 0 Å². The fraction of sp³-hybridized carbons (Fsp3) is 0.750. The van der Waals surface area contributed by atoms with Crippen LogP contribution in [0.5, 0.6) is 0 Å². The van der Waals surface area contributed by atoms with E-state index >= 15 is 0 Å². The summed E-state index contributed by atoms with van der Waals surface area (Å²) in [6.45, 7) is 5.40. The number of nitrogens with two attached hydrogens (primary N) is 1. The first-order chi connectivity index (χ1) is 4.84. The van der Waals surface area contributed by atoms with Crippen molar-refractivity contribution in [3.05, 3.63) is 12.7 Å². The Kier molecular flexibility index (Phi) is 2.90. The minimum Gasteiger partial charge on any atom is -0.381 e. The molecule has 0 aromatic carbocycles. The molecule has 1 fully saturated rings. The first-order valence-corrected chi connectivity index (χ1v) is 3.80. The summed E-state index contributed by atoms with van der Waals surface area (Å²) < 4.78 is 5.20. The van der Waals surface area contributed by atoms with E-state index in [0.29, 0.717) is 5.92 Å². The second-order valence-corrected chi connectivity index (χ2v) is 2.76. The predicted octanol–water partition coefficient (Wildman–Crippen LogP) is 0.926. The van der Waals surface area contributed by atoms with Gasteiger partial charge in [-0.25, -0.2) is 0 Å². The van der Waals surface area contributed by atoms with Gasteiger partial charge in [0.15, 0.2) is 0 Å². The molecule has 1 aliphatic heterocycles. The molecule has 1 aliphatic rings. The molecule has 0 aromatic heterocycles. The topological polar surface area (TPSA) is 35.2 Å². The quantitative estimate of drug-likeness (QED) is 0.580.